The first-order chi connectivity index (χ1) is 9.41. The van der Waals surface area contributed by atoms with E-state index in [0.717, 1.165) is 14.9 Å². The molecule has 0 bridgehead atoms. The first kappa shape index (κ1) is 15.7. The van der Waals surface area contributed by atoms with Crippen LogP contribution in [-0.4, -0.2) is 26.3 Å². The Labute approximate surface area is 132 Å². The maximum absolute atomic E-state index is 12.4. The molecule has 108 valence electrons. The van der Waals surface area contributed by atoms with Crippen LogP contribution in [0.15, 0.2) is 44.4 Å². The Morgan fingerprint density at radius 3 is 2.45 bits per heavy atom. The average molecular weight is 374 g/mol. The summed E-state index contributed by atoms with van der Waals surface area (Å²) in [5.74, 6) is 0. The lowest BCUT2D eigenvalue weighted by Crippen LogP contribution is -2.28. The van der Waals surface area contributed by atoms with E-state index in [2.05, 4.69) is 15.9 Å². The highest BCUT2D eigenvalue weighted by atomic mass is 79.9. The van der Waals surface area contributed by atoms with Gasteiger partial charge in [-0.3, -0.25) is 0 Å². The van der Waals surface area contributed by atoms with Crippen molar-refractivity contribution in [1.29, 1.82) is 0 Å². The van der Waals surface area contributed by atoms with Gasteiger partial charge in [0, 0.05) is 13.6 Å². The summed E-state index contributed by atoms with van der Waals surface area (Å²) in [6, 6.07) is 11.6. The molecule has 1 aromatic carbocycles. The van der Waals surface area contributed by atoms with Gasteiger partial charge in [-0.1, -0.05) is 30.3 Å². The molecule has 0 saturated heterocycles. The second-order valence-corrected chi connectivity index (χ2v) is 9.23. The van der Waals surface area contributed by atoms with Gasteiger partial charge in [-0.2, -0.15) is 4.31 Å². The summed E-state index contributed by atoms with van der Waals surface area (Å²) in [4.78, 5) is 0. The molecule has 0 aliphatic heterocycles. The van der Waals surface area contributed by atoms with Crippen LogP contribution >= 0.6 is 27.3 Å². The van der Waals surface area contributed by atoms with E-state index in [-0.39, 0.29) is 0 Å². The largest absolute Gasteiger partial charge is 0.252 e. The maximum atomic E-state index is 12.4. The van der Waals surface area contributed by atoms with E-state index in [1.54, 1.807) is 13.1 Å². The van der Waals surface area contributed by atoms with E-state index in [1.807, 2.05) is 37.3 Å². The van der Waals surface area contributed by atoms with Crippen molar-refractivity contribution in [2.24, 2.45) is 0 Å². The van der Waals surface area contributed by atoms with Crippen molar-refractivity contribution in [3.63, 3.8) is 0 Å². The Balaban J connectivity index is 2.09. The molecule has 2 aromatic rings. The van der Waals surface area contributed by atoms with Gasteiger partial charge in [0.2, 0.25) is 0 Å². The third-order valence-corrected chi connectivity index (χ3v) is 7.50. The van der Waals surface area contributed by atoms with E-state index in [9.17, 15) is 8.42 Å². The fraction of sp³-hybridized carbons (Fsp3) is 0.286. The molecule has 0 fully saturated rings. The quantitative estimate of drug-likeness (QED) is 0.801. The number of thiophene rings is 1. The number of likely N-dealkylation sites (N-methyl/N-ethyl adjacent to an activating group) is 1. The number of rotatable bonds is 5. The third-order valence-electron chi connectivity index (χ3n) is 3.06. The number of aryl methyl sites for hydroxylation is 1. The van der Waals surface area contributed by atoms with Crippen molar-refractivity contribution in [1.82, 2.24) is 4.31 Å². The first-order valence-electron chi connectivity index (χ1n) is 6.17. The van der Waals surface area contributed by atoms with Gasteiger partial charge in [-0.15, -0.1) is 11.3 Å². The summed E-state index contributed by atoms with van der Waals surface area (Å²) in [5.41, 5.74) is 2.09. The van der Waals surface area contributed by atoms with Gasteiger partial charge < -0.3 is 0 Å². The lowest BCUT2D eigenvalue weighted by molar-refractivity contribution is 0.474. The van der Waals surface area contributed by atoms with Crippen LogP contribution in [0.25, 0.3) is 0 Å². The average Bonchev–Trinajstić information content (AvgIpc) is 2.78. The molecular weight excluding hydrogens is 358 g/mol. The number of hydrogen-bond acceptors (Lipinski definition) is 3. The molecule has 0 unspecified atom stereocenters. The minimum absolute atomic E-state index is 0.387. The molecule has 0 atom stereocenters. The Morgan fingerprint density at radius 2 is 1.90 bits per heavy atom. The molecule has 0 aliphatic carbocycles. The summed E-state index contributed by atoms with van der Waals surface area (Å²) in [6.07, 6.45) is 0.710. The maximum Gasteiger partial charge on any atom is 0.252 e. The number of sulfonamides is 1. The van der Waals surface area contributed by atoms with E-state index in [1.165, 1.54) is 15.6 Å². The standard InChI is InChI=1S/C14H16BrNO2S2/c1-11-10-13(19-14(11)15)20(17,18)16(2)9-8-12-6-4-3-5-7-12/h3-7,10H,8-9H2,1-2H3. The molecule has 6 heteroatoms. The lowest BCUT2D eigenvalue weighted by Gasteiger charge is -2.15. The van der Waals surface area contributed by atoms with Gasteiger partial charge in [0.25, 0.3) is 10.0 Å². The summed E-state index contributed by atoms with van der Waals surface area (Å²) < 4.78 is 27.5. The molecule has 0 N–H and O–H groups in total. The summed E-state index contributed by atoms with van der Waals surface area (Å²) in [5, 5.41) is 0. The van der Waals surface area contributed by atoms with Gasteiger partial charge >= 0.3 is 0 Å². The van der Waals surface area contributed by atoms with Crippen molar-refractivity contribution in [2.45, 2.75) is 17.6 Å². The summed E-state index contributed by atoms with van der Waals surface area (Å²) in [7, 11) is -1.76. The van der Waals surface area contributed by atoms with Crippen LogP contribution in [0.5, 0.6) is 0 Å². The van der Waals surface area contributed by atoms with Crippen molar-refractivity contribution in [3.8, 4) is 0 Å². The third kappa shape index (κ3) is 3.49. The van der Waals surface area contributed by atoms with Crippen LogP contribution in [-0.2, 0) is 16.4 Å². The Morgan fingerprint density at radius 1 is 1.25 bits per heavy atom. The van der Waals surface area contributed by atoms with Crippen LogP contribution in [0.1, 0.15) is 11.1 Å². The predicted octanol–water partition coefficient (Wildman–Crippen LogP) is 3.68. The van der Waals surface area contributed by atoms with Crippen molar-refractivity contribution < 1.29 is 8.42 Å². The molecule has 1 aromatic heterocycles. The molecular formula is C14H16BrNO2S2. The molecule has 0 spiro atoms. The predicted molar refractivity (Wildman–Crippen MR) is 86.7 cm³/mol. The van der Waals surface area contributed by atoms with E-state index in [0.29, 0.717) is 17.2 Å². The van der Waals surface area contributed by atoms with Gasteiger partial charge in [-0.05, 0) is 46.5 Å². The molecule has 0 amide bonds. The van der Waals surface area contributed by atoms with Crippen LogP contribution < -0.4 is 0 Å². The van der Waals surface area contributed by atoms with Crippen molar-refractivity contribution in [2.75, 3.05) is 13.6 Å². The monoisotopic (exact) mass is 373 g/mol. The van der Waals surface area contributed by atoms with Crippen molar-refractivity contribution >= 4 is 37.3 Å². The normalized spacial score (nSPS) is 12.0. The van der Waals surface area contributed by atoms with Crippen LogP contribution in [0, 0.1) is 6.92 Å². The SMILES string of the molecule is Cc1cc(S(=O)(=O)N(C)CCc2ccccc2)sc1Br. The number of benzene rings is 1. The van der Waals surface area contributed by atoms with E-state index >= 15 is 0 Å². The molecule has 0 saturated carbocycles. The zero-order valence-corrected chi connectivity index (χ0v) is 14.6. The van der Waals surface area contributed by atoms with Crippen LogP contribution in [0.2, 0.25) is 0 Å². The van der Waals surface area contributed by atoms with Gasteiger partial charge in [0.1, 0.15) is 4.21 Å². The fourth-order valence-corrected chi connectivity index (χ4v) is 5.37. The highest BCUT2D eigenvalue weighted by molar-refractivity contribution is 9.11. The van der Waals surface area contributed by atoms with E-state index in [4.69, 9.17) is 0 Å². The molecule has 0 radical (unpaired) electrons. The Hall–Kier alpha value is -0.690. The zero-order valence-electron chi connectivity index (χ0n) is 11.3. The second-order valence-electron chi connectivity index (χ2n) is 4.58. The minimum atomic E-state index is -3.39. The number of halogens is 1. The van der Waals surface area contributed by atoms with Crippen LogP contribution in [0.3, 0.4) is 0 Å². The smallest absolute Gasteiger partial charge is 0.206 e. The number of nitrogens with zero attached hydrogens (tertiary/aromatic N) is 1. The van der Waals surface area contributed by atoms with Crippen molar-refractivity contribution in [3.05, 3.63) is 51.3 Å². The fourth-order valence-electron chi connectivity index (χ4n) is 1.76. The minimum Gasteiger partial charge on any atom is -0.206 e. The summed E-state index contributed by atoms with van der Waals surface area (Å²) in [6.45, 7) is 2.37. The van der Waals surface area contributed by atoms with Gasteiger partial charge in [0.15, 0.2) is 0 Å². The molecule has 3 nitrogen and oxygen atoms in total. The first-order valence-corrected chi connectivity index (χ1v) is 9.22. The van der Waals surface area contributed by atoms with Crippen LogP contribution in [0.4, 0.5) is 0 Å². The van der Waals surface area contributed by atoms with E-state index < -0.39 is 10.0 Å². The zero-order chi connectivity index (χ0) is 14.8. The second kappa shape index (κ2) is 6.39. The molecule has 0 aliphatic rings. The Bertz CT molecular complexity index is 661. The lowest BCUT2D eigenvalue weighted by atomic mass is 10.2. The van der Waals surface area contributed by atoms with Gasteiger partial charge in [-0.25, -0.2) is 8.42 Å². The highest BCUT2D eigenvalue weighted by Gasteiger charge is 2.23. The topological polar surface area (TPSA) is 37.4 Å². The Kier molecular flexibility index (Phi) is 5.01. The van der Waals surface area contributed by atoms with Gasteiger partial charge in [0.05, 0.1) is 3.79 Å². The highest BCUT2D eigenvalue weighted by Crippen LogP contribution is 2.31. The molecule has 1 heterocycles. The molecule has 2 rings (SSSR count). The number of hydrogen-bond donors (Lipinski definition) is 0. The molecule has 20 heavy (non-hydrogen) atoms. The summed E-state index contributed by atoms with van der Waals surface area (Å²) >= 11 is 4.63.